The van der Waals surface area contributed by atoms with E-state index in [9.17, 15) is 14.7 Å². The summed E-state index contributed by atoms with van der Waals surface area (Å²) in [6.45, 7) is 0. The zero-order valence-electron chi connectivity index (χ0n) is 12.2. The largest absolute Gasteiger partial charge is 0.545 e. The molecule has 0 aliphatic rings. The molecule has 0 radical (unpaired) electrons. The van der Waals surface area contributed by atoms with Gasteiger partial charge in [0.2, 0.25) is 0 Å². The van der Waals surface area contributed by atoms with Crippen LogP contribution in [-0.4, -0.2) is 17.3 Å². The summed E-state index contributed by atoms with van der Waals surface area (Å²) in [5, 5.41) is 14.0. The van der Waals surface area contributed by atoms with Crippen molar-refractivity contribution < 1.29 is 14.4 Å². The van der Waals surface area contributed by atoms with Crippen LogP contribution in [0.3, 0.4) is 0 Å². The molecule has 1 N–H and O–H groups in total. The van der Waals surface area contributed by atoms with Crippen molar-refractivity contribution in [2.45, 2.75) is 0 Å². The number of aliphatic imine (C=N–C) groups is 1. The molecule has 0 aliphatic heterocycles. The van der Waals surface area contributed by atoms with E-state index >= 15 is 0 Å². The number of nitrogens with zero attached hydrogens (tertiary/aromatic N) is 1. The summed E-state index contributed by atoms with van der Waals surface area (Å²) in [5.74, 6) is -1.39. The highest BCUT2D eigenvalue weighted by Crippen LogP contribution is 2.24. The fraction of sp³-hybridized carbons (Fsp3) is 0. The molecule has 1 aromatic heterocycles. The molecule has 3 rings (SSSR count). The van der Waals surface area contributed by atoms with Crippen molar-refractivity contribution in [2.75, 3.05) is 0 Å². The average Bonchev–Trinajstić information content (AvgIpc) is 2.94. The standard InChI is InChI=1S/C17H11ClN2O4/c18-11-6-7-12(16(21)22)14(8-11)19-9-13-15(20-24-17(13)23)10-4-2-1-3-5-10/h1-9,20H,(H,21,22)/p-1. The molecule has 7 heteroatoms. The van der Waals surface area contributed by atoms with Crippen molar-refractivity contribution in [3.05, 3.63) is 75.1 Å². The number of aromatic amines is 1. The molecule has 0 unspecified atom stereocenters. The monoisotopic (exact) mass is 341 g/mol. The van der Waals surface area contributed by atoms with Crippen molar-refractivity contribution in [2.24, 2.45) is 4.99 Å². The number of H-pyrrole nitrogens is 1. The van der Waals surface area contributed by atoms with Crippen LogP contribution in [0.25, 0.3) is 11.3 Å². The number of benzene rings is 2. The molecule has 24 heavy (non-hydrogen) atoms. The van der Waals surface area contributed by atoms with E-state index in [4.69, 9.17) is 16.1 Å². The minimum atomic E-state index is -1.39. The molecule has 0 spiro atoms. The molecule has 0 bridgehead atoms. The zero-order chi connectivity index (χ0) is 17.1. The second-order valence-corrected chi connectivity index (χ2v) is 5.29. The predicted molar refractivity (Wildman–Crippen MR) is 87.8 cm³/mol. The molecule has 120 valence electrons. The lowest BCUT2D eigenvalue weighted by molar-refractivity contribution is -0.254. The SMILES string of the molecule is O=C([O-])c1ccc(Cl)cc1N=Cc1c(-c2ccccc2)[nH]oc1=O. The van der Waals surface area contributed by atoms with Crippen molar-refractivity contribution in [3.8, 4) is 11.3 Å². The molecular weight excluding hydrogens is 332 g/mol. The fourth-order valence-electron chi connectivity index (χ4n) is 2.16. The first-order valence-corrected chi connectivity index (χ1v) is 7.26. The highest BCUT2D eigenvalue weighted by atomic mass is 35.5. The molecule has 0 aliphatic carbocycles. The number of rotatable bonds is 4. The van der Waals surface area contributed by atoms with Crippen LogP contribution >= 0.6 is 11.6 Å². The van der Waals surface area contributed by atoms with E-state index in [0.717, 1.165) is 5.56 Å². The Kier molecular flexibility index (Phi) is 4.31. The van der Waals surface area contributed by atoms with Crippen LogP contribution < -0.4 is 10.7 Å². The zero-order valence-corrected chi connectivity index (χ0v) is 12.9. The normalized spacial score (nSPS) is 11.0. The van der Waals surface area contributed by atoms with Crippen LogP contribution in [0.4, 0.5) is 5.69 Å². The molecule has 1 heterocycles. The lowest BCUT2D eigenvalue weighted by Gasteiger charge is -2.06. The highest BCUT2D eigenvalue weighted by Gasteiger charge is 2.12. The molecule has 2 aromatic carbocycles. The van der Waals surface area contributed by atoms with Crippen LogP contribution in [0, 0.1) is 0 Å². The Hall–Kier alpha value is -3.12. The maximum Gasteiger partial charge on any atom is 0.366 e. The molecule has 0 atom stereocenters. The van der Waals surface area contributed by atoms with Crippen LogP contribution in [-0.2, 0) is 0 Å². The van der Waals surface area contributed by atoms with Gasteiger partial charge in [0.25, 0.3) is 0 Å². The van der Waals surface area contributed by atoms with Crippen LogP contribution in [0.1, 0.15) is 15.9 Å². The maximum atomic E-state index is 11.9. The maximum absolute atomic E-state index is 11.9. The number of halogens is 1. The number of aromatic nitrogens is 1. The second-order valence-electron chi connectivity index (χ2n) is 4.85. The van der Waals surface area contributed by atoms with E-state index in [-0.39, 0.29) is 16.8 Å². The minimum absolute atomic E-state index is 0.0853. The van der Waals surface area contributed by atoms with Crippen molar-refractivity contribution in [1.29, 1.82) is 0 Å². The number of hydrogen-bond acceptors (Lipinski definition) is 5. The molecule has 0 saturated heterocycles. The third-order valence-corrected chi connectivity index (χ3v) is 3.55. The van der Waals surface area contributed by atoms with Gasteiger partial charge in [-0.15, -0.1) is 0 Å². The van der Waals surface area contributed by atoms with E-state index in [1.54, 1.807) is 12.1 Å². The van der Waals surface area contributed by atoms with E-state index in [1.807, 2.05) is 18.2 Å². The van der Waals surface area contributed by atoms with Gasteiger partial charge in [0.1, 0.15) is 5.56 Å². The summed E-state index contributed by atoms with van der Waals surface area (Å²) in [4.78, 5) is 27.1. The van der Waals surface area contributed by atoms with Crippen molar-refractivity contribution in [3.63, 3.8) is 0 Å². The summed E-state index contributed by atoms with van der Waals surface area (Å²) in [7, 11) is 0. The summed E-state index contributed by atoms with van der Waals surface area (Å²) < 4.78 is 4.81. The molecule has 6 nitrogen and oxygen atoms in total. The molecular formula is C17H10ClN2O4-. The Bertz CT molecular complexity index is 974. The molecule has 0 saturated carbocycles. The second kappa shape index (κ2) is 6.55. The van der Waals surface area contributed by atoms with Crippen LogP contribution in [0.5, 0.6) is 0 Å². The van der Waals surface area contributed by atoms with Gasteiger partial charge in [0.05, 0.1) is 17.4 Å². The number of carbonyl (C=O) groups is 1. The van der Waals surface area contributed by atoms with Crippen molar-refractivity contribution >= 4 is 29.5 Å². The predicted octanol–water partition coefficient (Wildman–Crippen LogP) is 2.40. The first-order valence-electron chi connectivity index (χ1n) is 6.88. The van der Waals surface area contributed by atoms with Gasteiger partial charge in [-0.3, -0.25) is 4.99 Å². The summed E-state index contributed by atoms with van der Waals surface area (Å²) in [6, 6.07) is 13.1. The Balaban J connectivity index is 2.06. The van der Waals surface area contributed by atoms with Gasteiger partial charge < -0.3 is 14.4 Å². The number of carbonyl (C=O) groups excluding carboxylic acids is 1. The van der Waals surface area contributed by atoms with Crippen LogP contribution in [0.15, 0.2) is 62.8 Å². The van der Waals surface area contributed by atoms with Gasteiger partial charge in [0.15, 0.2) is 0 Å². The Morgan fingerprint density at radius 3 is 2.67 bits per heavy atom. The lowest BCUT2D eigenvalue weighted by atomic mass is 10.1. The number of carboxylic acids is 1. The van der Waals surface area contributed by atoms with Gasteiger partial charge in [-0.05, 0) is 18.2 Å². The van der Waals surface area contributed by atoms with E-state index in [2.05, 4.69) is 10.1 Å². The number of nitrogens with one attached hydrogen (secondary N) is 1. The summed E-state index contributed by atoms with van der Waals surface area (Å²) >= 11 is 5.87. The first-order chi connectivity index (χ1) is 11.6. The number of carboxylic acid groups (broad SMARTS) is 1. The Morgan fingerprint density at radius 1 is 1.21 bits per heavy atom. The quantitative estimate of drug-likeness (QED) is 0.736. The third kappa shape index (κ3) is 3.13. The van der Waals surface area contributed by atoms with Crippen LogP contribution in [0.2, 0.25) is 5.02 Å². The minimum Gasteiger partial charge on any atom is -0.545 e. The van der Waals surface area contributed by atoms with Gasteiger partial charge in [-0.1, -0.05) is 41.9 Å². The van der Waals surface area contributed by atoms with Gasteiger partial charge in [0, 0.05) is 22.4 Å². The lowest BCUT2D eigenvalue weighted by Crippen LogP contribution is -2.22. The number of hydrogen-bond donors (Lipinski definition) is 1. The fourth-order valence-corrected chi connectivity index (χ4v) is 2.33. The Morgan fingerprint density at radius 2 is 1.96 bits per heavy atom. The average molecular weight is 342 g/mol. The molecule has 0 amide bonds. The van der Waals surface area contributed by atoms with E-state index in [0.29, 0.717) is 10.7 Å². The topological polar surface area (TPSA) is 98.5 Å². The van der Waals surface area contributed by atoms with Crippen molar-refractivity contribution in [1.82, 2.24) is 5.16 Å². The van der Waals surface area contributed by atoms with Gasteiger partial charge in [-0.25, -0.2) is 9.95 Å². The van der Waals surface area contributed by atoms with Gasteiger partial charge >= 0.3 is 5.63 Å². The Labute approximate surface area is 141 Å². The smallest absolute Gasteiger partial charge is 0.366 e. The van der Waals surface area contributed by atoms with E-state index < -0.39 is 11.6 Å². The number of aromatic carboxylic acids is 1. The molecule has 3 aromatic rings. The first kappa shape index (κ1) is 15.8. The van der Waals surface area contributed by atoms with E-state index in [1.165, 1.54) is 24.4 Å². The highest BCUT2D eigenvalue weighted by molar-refractivity contribution is 6.31. The van der Waals surface area contributed by atoms with Gasteiger partial charge in [-0.2, -0.15) is 0 Å². The molecule has 0 fully saturated rings. The third-order valence-electron chi connectivity index (χ3n) is 3.31. The summed E-state index contributed by atoms with van der Waals surface area (Å²) in [6.07, 6.45) is 1.24. The summed E-state index contributed by atoms with van der Waals surface area (Å²) in [5.41, 5.74) is 0.691.